The molecule has 0 saturated carbocycles. The van der Waals surface area contributed by atoms with Crippen LogP contribution in [0.4, 0.5) is 0 Å². The highest BCUT2D eigenvalue weighted by Crippen LogP contribution is 2.63. The van der Waals surface area contributed by atoms with Crippen molar-refractivity contribution in [1.29, 1.82) is 0 Å². The van der Waals surface area contributed by atoms with Gasteiger partial charge >= 0.3 is 0 Å². The molecule has 0 aliphatic carbocycles. The molecule has 0 aromatic heterocycles. The molecule has 34 heavy (non-hydrogen) atoms. The van der Waals surface area contributed by atoms with E-state index in [1.165, 1.54) is 0 Å². The second-order valence-electron chi connectivity index (χ2n) is 7.25. The van der Waals surface area contributed by atoms with E-state index in [9.17, 15) is 4.79 Å². The minimum absolute atomic E-state index is 0. The van der Waals surface area contributed by atoms with Gasteiger partial charge in [0.05, 0.1) is 0 Å². The first-order valence-electron chi connectivity index (χ1n) is 10.2. The molecule has 0 radical (unpaired) electrons. The maximum absolute atomic E-state index is 13.4. The average Bonchev–Trinajstić information content (AvgIpc) is 2.86. The standard InChI is InChI=1S/C27H19BrCl2NOP.ClH/c28-21-18-16-20(17-19-21)26(32)31-27(25(29)30)33(22-10-4-1-5-11-22,23-12-6-2-7-13-23)24-14-8-3-9-15-24;/h1-19H;1H/p+1. The fraction of sp³-hybridized carbons (Fsp3) is 0. The number of carbonyl (C=O) groups excluding carboxylic acids is 1. The average molecular weight is 593 g/mol. The van der Waals surface area contributed by atoms with Crippen molar-refractivity contribution in [3.8, 4) is 0 Å². The lowest BCUT2D eigenvalue weighted by Gasteiger charge is -2.29. The van der Waals surface area contributed by atoms with Crippen molar-refractivity contribution < 1.29 is 4.79 Å². The largest absolute Gasteiger partial charge is 0.290 e. The van der Waals surface area contributed by atoms with Crippen molar-refractivity contribution in [1.82, 2.24) is 5.32 Å². The van der Waals surface area contributed by atoms with Gasteiger partial charge in [0, 0.05) is 10.0 Å². The highest BCUT2D eigenvalue weighted by atomic mass is 79.9. The van der Waals surface area contributed by atoms with Gasteiger partial charge in [-0.2, -0.15) is 0 Å². The van der Waals surface area contributed by atoms with E-state index in [2.05, 4.69) is 57.6 Å². The van der Waals surface area contributed by atoms with Crippen molar-refractivity contribution in [2.75, 3.05) is 0 Å². The Labute approximate surface area is 224 Å². The Balaban J connectivity index is 0.00000324. The summed E-state index contributed by atoms with van der Waals surface area (Å²) in [5.41, 5.74) is 1.01. The topological polar surface area (TPSA) is 29.1 Å². The van der Waals surface area contributed by atoms with E-state index >= 15 is 0 Å². The lowest BCUT2D eigenvalue weighted by atomic mass is 10.2. The first-order chi connectivity index (χ1) is 16.0. The monoisotopic (exact) mass is 590 g/mol. The third-order valence-corrected chi connectivity index (χ3v) is 10.7. The molecule has 0 aliphatic rings. The lowest BCUT2D eigenvalue weighted by molar-refractivity contribution is 0.0968. The molecule has 0 spiro atoms. The van der Waals surface area contributed by atoms with Gasteiger partial charge in [-0.15, -0.1) is 12.4 Å². The molecular formula is C27H21BrCl3NOP+. The van der Waals surface area contributed by atoms with Gasteiger partial charge in [0.2, 0.25) is 5.44 Å². The van der Waals surface area contributed by atoms with Gasteiger partial charge < -0.3 is 0 Å². The molecule has 0 atom stereocenters. The van der Waals surface area contributed by atoms with Gasteiger partial charge in [0.25, 0.3) is 5.91 Å². The fourth-order valence-electron chi connectivity index (χ4n) is 3.83. The summed E-state index contributed by atoms with van der Waals surface area (Å²) in [4.78, 5) is 13.4. The molecule has 0 heterocycles. The summed E-state index contributed by atoms with van der Waals surface area (Å²) in [5, 5.41) is 6.20. The van der Waals surface area contributed by atoms with Crippen LogP contribution in [0.25, 0.3) is 0 Å². The molecule has 0 bridgehead atoms. The van der Waals surface area contributed by atoms with Crippen LogP contribution < -0.4 is 21.2 Å². The smallest absolute Gasteiger partial charge is 0.258 e. The van der Waals surface area contributed by atoms with Crippen LogP contribution in [0.1, 0.15) is 10.4 Å². The van der Waals surface area contributed by atoms with Crippen LogP contribution in [0.15, 0.2) is 130 Å². The molecule has 0 fully saturated rings. The van der Waals surface area contributed by atoms with Crippen LogP contribution >= 0.6 is 58.8 Å². The van der Waals surface area contributed by atoms with E-state index < -0.39 is 7.26 Å². The van der Waals surface area contributed by atoms with Crippen molar-refractivity contribution in [2.45, 2.75) is 0 Å². The molecule has 4 aromatic rings. The Morgan fingerprint density at radius 2 is 1.03 bits per heavy atom. The molecule has 4 aromatic carbocycles. The number of carbonyl (C=O) groups is 1. The van der Waals surface area contributed by atoms with E-state index in [-0.39, 0.29) is 22.8 Å². The van der Waals surface area contributed by atoms with E-state index in [1.807, 2.05) is 66.7 Å². The third kappa shape index (κ3) is 5.40. The van der Waals surface area contributed by atoms with Crippen LogP contribution in [0.2, 0.25) is 0 Å². The molecule has 1 amide bonds. The van der Waals surface area contributed by atoms with Crippen LogP contribution in [-0.2, 0) is 0 Å². The van der Waals surface area contributed by atoms with Gasteiger partial charge in [-0.25, -0.2) is 0 Å². The van der Waals surface area contributed by atoms with Gasteiger partial charge in [0.1, 0.15) is 15.9 Å². The molecule has 0 aliphatic heterocycles. The Hall–Kier alpha value is -2.13. The molecule has 172 valence electrons. The number of nitrogens with one attached hydrogen (secondary N) is 1. The maximum atomic E-state index is 13.4. The number of hydrogen-bond acceptors (Lipinski definition) is 1. The van der Waals surface area contributed by atoms with Crippen LogP contribution in [0.5, 0.6) is 0 Å². The summed E-state index contributed by atoms with van der Waals surface area (Å²) in [6.45, 7) is 0. The van der Waals surface area contributed by atoms with Crippen LogP contribution in [0, 0.1) is 0 Å². The summed E-state index contributed by atoms with van der Waals surface area (Å²) >= 11 is 16.6. The SMILES string of the molecule is Cl.O=C(NC(=C(Cl)Cl)[P+](c1ccccc1)(c1ccccc1)c1ccccc1)c1ccc(Br)cc1. The third-order valence-electron chi connectivity index (χ3n) is 5.28. The number of hydrogen-bond donors (Lipinski definition) is 1. The highest BCUT2D eigenvalue weighted by Gasteiger charge is 2.52. The van der Waals surface area contributed by atoms with Crippen molar-refractivity contribution in [3.05, 3.63) is 135 Å². The Morgan fingerprint density at radius 3 is 1.38 bits per heavy atom. The fourth-order valence-corrected chi connectivity index (χ4v) is 9.00. The van der Waals surface area contributed by atoms with E-state index in [0.717, 1.165) is 20.4 Å². The molecule has 0 saturated heterocycles. The van der Waals surface area contributed by atoms with E-state index in [1.54, 1.807) is 12.1 Å². The Morgan fingerprint density at radius 1 is 0.647 bits per heavy atom. The lowest BCUT2D eigenvalue weighted by Crippen LogP contribution is -2.38. The minimum atomic E-state index is -2.63. The predicted octanol–water partition coefficient (Wildman–Crippen LogP) is 7.20. The molecule has 0 unspecified atom stereocenters. The first-order valence-corrected chi connectivity index (χ1v) is 13.6. The summed E-state index contributed by atoms with van der Waals surface area (Å²) < 4.78 is 0.926. The van der Waals surface area contributed by atoms with Gasteiger partial charge in [-0.1, -0.05) is 93.7 Å². The van der Waals surface area contributed by atoms with Gasteiger partial charge in [-0.05, 0) is 60.7 Å². The normalized spacial score (nSPS) is 10.7. The summed E-state index contributed by atoms with van der Waals surface area (Å²) in [7, 11) is -2.63. The minimum Gasteiger partial charge on any atom is -0.290 e. The van der Waals surface area contributed by atoms with E-state index in [0.29, 0.717) is 11.0 Å². The summed E-state index contributed by atoms with van der Waals surface area (Å²) in [5.74, 6) is -0.275. The summed E-state index contributed by atoms with van der Waals surface area (Å²) in [6.07, 6.45) is 0. The van der Waals surface area contributed by atoms with Crippen LogP contribution in [-0.4, -0.2) is 5.91 Å². The molecule has 1 N–H and O–H groups in total. The molecular weight excluding hydrogens is 572 g/mol. The zero-order chi connectivity index (χ0) is 23.3. The van der Waals surface area contributed by atoms with Crippen molar-refractivity contribution >= 4 is 80.6 Å². The zero-order valence-corrected chi connectivity index (χ0v) is 22.7. The second-order valence-corrected chi connectivity index (χ2v) is 12.5. The second kappa shape index (κ2) is 12.0. The quantitative estimate of drug-likeness (QED) is 0.236. The maximum Gasteiger partial charge on any atom is 0.258 e. The van der Waals surface area contributed by atoms with Gasteiger partial charge in [-0.3, -0.25) is 10.1 Å². The number of halogens is 4. The van der Waals surface area contributed by atoms with E-state index in [4.69, 9.17) is 23.2 Å². The highest BCUT2D eigenvalue weighted by molar-refractivity contribution is 9.10. The first kappa shape index (κ1) is 26.5. The van der Waals surface area contributed by atoms with Crippen molar-refractivity contribution in [2.24, 2.45) is 0 Å². The zero-order valence-electron chi connectivity index (χ0n) is 17.9. The predicted molar refractivity (Wildman–Crippen MR) is 153 cm³/mol. The summed E-state index contributed by atoms with van der Waals surface area (Å²) in [6, 6.07) is 37.4. The van der Waals surface area contributed by atoms with Crippen LogP contribution in [0.3, 0.4) is 0 Å². The Bertz CT molecular complexity index is 1170. The number of amides is 1. The Kier molecular flexibility index (Phi) is 9.36. The van der Waals surface area contributed by atoms with Crippen molar-refractivity contribution in [3.63, 3.8) is 0 Å². The molecule has 2 nitrogen and oxygen atoms in total. The number of benzene rings is 4. The number of rotatable bonds is 6. The van der Waals surface area contributed by atoms with Gasteiger partial charge in [0.15, 0.2) is 11.8 Å². The molecule has 4 rings (SSSR count). The molecule has 7 heteroatoms.